The second-order valence-electron chi connectivity index (χ2n) is 5.93. The Balaban J connectivity index is 0.000000291. The van der Waals surface area contributed by atoms with Crippen molar-refractivity contribution in [2.24, 2.45) is 0 Å². The van der Waals surface area contributed by atoms with Gasteiger partial charge < -0.3 is 19.8 Å². The zero-order chi connectivity index (χ0) is 22.0. The number of thiocarbonyl (C=S) groups is 1. The van der Waals surface area contributed by atoms with E-state index in [2.05, 4.69) is 0 Å². The minimum Gasteiger partial charge on any atom is -0.480 e. The minimum atomic E-state index is -1.04. The second kappa shape index (κ2) is 12.1. The fourth-order valence-electron chi connectivity index (χ4n) is 2.14. The van der Waals surface area contributed by atoms with Gasteiger partial charge in [0.2, 0.25) is 0 Å². The Morgan fingerprint density at radius 3 is 2.28 bits per heavy atom. The first-order valence-electron chi connectivity index (χ1n) is 8.54. The average Bonchev–Trinajstić information content (AvgIpc) is 2.68. The molecule has 11 heteroatoms. The number of carboxylic acids is 2. The number of ether oxygens (including phenoxy) is 1. The fourth-order valence-corrected chi connectivity index (χ4v) is 3.49. The Morgan fingerprint density at radius 1 is 1.28 bits per heavy atom. The van der Waals surface area contributed by atoms with Crippen LogP contribution in [0.15, 0.2) is 30.3 Å². The van der Waals surface area contributed by atoms with E-state index in [9.17, 15) is 19.7 Å². The van der Waals surface area contributed by atoms with Crippen LogP contribution < -0.4 is 0 Å². The first kappa shape index (κ1) is 24.5. The van der Waals surface area contributed by atoms with Crippen molar-refractivity contribution in [1.82, 2.24) is 4.90 Å². The average molecular weight is 443 g/mol. The first-order valence-corrected chi connectivity index (χ1v) is 9.82. The topological polar surface area (TPSA) is 130 Å². The van der Waals surface area contributed by atoms with Crippen LogP contribution in [0.1, 0.15) is 19.4 Å². The number of carbonyl (C=O) groups is 2. The summed E-state index contributed by atoms with van der Waals surface area (Å²) in [6.45, 7) is 6.13. The van der Waals surface area contributed by atoms with Gasteiger partial charge in [-0.05, 0) is 37.1 Å². The van der Waals surface area contributed by atoms with Crippen molar-refractivity contribution in [2.75, 3.05) is 26.3 Å². The molecule has 0 saturated carbocycles. The van der Waals surface area contributed by atoms with Crippen molar-refractivity contribution < 1.29 is 29.5 Å². The molecule has 1 aromatic rings. The number of allylic oxidation sites excluding steroid dienone is 1. The number of non-ortho nitro benzene ring substituents is 1. The molecule has 1 heterocycles. The number of nitro benzene ring substituents is 1. The summed E-state index contributed by atoms with van der Waals surface area (Å²) in [5.41, 5.74) is 1.20. The van der Waals surface area contributed by atoms with Gasteiger partial charge in [0, 0.05) is 31.3 Å². The molecule has 0 aromatic heterocycles. The lowest BCUT2D eigenvalue weighted by molar-refractivity contribution is -0.384. The summed E-state index contributed by atoms with van der Waals surface area (Å²) < 4.78 is 5.83. The van der Waals surface area contributed by atoms with Crippen LogP contribution in [0.25, 0.3) is 5.57 Å². The van der Waals surface area contributed by atoms with Gasteiger partial charge in [-0.2, -0.15) is 0 Å². The highest BCUT2D eigenvalue weighted by Crippen LogP contribution is 2.18. The van der Waals surface area contributed by atoms with Gasteiger partial charge in [0.05, 0.1) is 18.1 Å². The van der Waals surface area contributed by atoms with Crippen LogP contribution in [-0.4, -0.2) is 67.8 Å². The third-order valence-corrected chi connectivity index (χ3v) is 5.33. The molecule has 1 aliphatic rings. The summed E-state index contributed by atoms with van der Waals surface area (Å²) in [7, 11) is 0. The number of morpholine rings is 1. The van der Waals surface area contributed by atoms with Crippen molar-refractivity contribution in [3.8, 4) is 0 Å². The monoisotopic (exact) mass is 442 g/mol. The summed E-state index contributed by atoms with van der Waals surface area (Å²) >= 11 is 6.36. The van der Waals surface area contributed by atoms with E-state index in [1.165, 1.54) is 36.0 Å². The molecule has 0 spiro atoms. The number of aliphatic carboxylic acids is 2. The Kier molecular flexibility index (Phi) is 10.3. The molecule has 1 unspecified atom stereocenters. The number of benzene rings is 1. The predicted octanol–water partition coefficient (Wildman–Crippen LogP) is 2.89. The molecule has 1 aromatic carbocycles. The van der Waals surface area contributed by atoms with E-state index in [-0.39, 0.29) is 5.69 Å². The van der Waals surface area contributed by atoms with Gasteiger partial charge in [-0.1, -0.05) is 24.0 Å². The van der Waals surface area contributed by atoms with E-state index >= 15 is 0 Å². The van der Waals surface area contributed by atoms with Crippen molar-refractivity contribution in [2.45, 2.75) is 19.1 Å². The molecule has 0 aliphatic carbocycles. The maximum absolute atomic E-state index is 10.6. The van der Waals surface area contributed by atoms with Gasteiger partial charge in [-0.15, -0.1) is 0 Å². The van der Waals surface area contributed by atoms with Crippen LogP contribution in [0.5, 0.6) is 0 Å². The lowest BCUT2D eigenvalue weighted by Gasteiger charge is -2.29. The zero-order valence-corrected chi connectivity index (χ0v) is 17.6. The largest absolute Gasteiger partial charge is 0.480 e. The number of nitro groups is 1. The van der Waals surface area contributed by atoms with E-state index in [4.69, 9.17) is 27.2 Å². The lowest BCUT2D eigenvalue weighted by Crippen LogP contribution is -2.39. The number of nitrogens with zero attached hydrogens (tertiary/aromatic N) is 2. The third-order valence-electron chi connectivity index (χ3n) is 3.77. The number of hydrogen-bond acceptors (Lipinski definition) is 7. The molecule has 0 bridgehead atoms. The van der Waals surface area contributed by atoms with Crippen molar-refractivity contribution in [3.05, 3.63) is 46.0 Å². The molecule has 9 nitrogen and oxygen atoms in total. The van der Waals surface area contributed by atoms with Crippen molar-refractivity contribution in [1.29, 1.82) is 0 Å². The minimum absolute atomic E-state index is 0.0122. The fraction of sp³-hybridized carbons (Fsp3) is 0.389. The van der Waals surface area contributed by atoms with E-state index in [0.29, 0.717) is 28.7 Å². The molecule has 1 fully saturated rings. The zero-order valence-electron chi connectivity index (χ0n) is 15.9. The molecular formula is C18H22N2O7S2. The second-order valence-corrected chi connectivity index (χ2v) is 7.91. The predicted molar refractivity (Wildman–Crippen MR) is 114 cm³/mol. The molecule has 0 amide bonds. The molecule has 2 rings (SSSR count). The maximum Gasteiger partial charge on any atom is 0.328 e. The highest BCUT2D eigenvalue weighted by Gasteiger charge is 2.19. The van der Waals surface area contributed by atoms with Crippen LogP contribution in [0.3, 0.4) is 0 Å². The highest BCUT2D eigenvalue weighted by molar-refractivity contribution is 8.23. The van der Waals surface area contributed by atoms with E-state index in [0.717, 1.165) is 19.2 Å². The van der Waals surface area contributed by atoms with E-state index < -0.39 is 22.1 Å². The Morgan fingerprint density at radius 2 is 1.83 bits per heavy atom. The van der Waals surface area contributed by atoms with Crippen LogP contribution in [0, 0.1) is 10.1 Å². The van der Waals surface area contributed by atoms with Crippen molar-refractivity contribution in [3.63, 3.8) is 0 Å². The van der Waals surface area contributed by atoms with Crippen LogP contribution >= 0.6 is 24.0 Å². The molecule has 0 radical (unpaired) electrons. The molecular weight excluding hydrogens is 420 g/mol. The summed E-state index contributed by atoms with van der Waals surface area (Å²) in [4.78, 5) is 32.8. The molecule has 29 heavy (non-hydrogen) atoms. The van der Waals surface area contributed by atoms with Crippen LogP contribution in [-0.2, 0) is 14.3 Å². The van der Waals surface area contributed by atoms with Crippen LogP contribution in [0.2, 0.25) is 0 Å². The Labute approximate surface area is 177 Å². The van der Waals surface area contributed by atoms with Gasteiger partial charge >= 0.3 is 11.9 Å². The van der Waals surface area contributed by atoms with E-state index in [1.54, 1.807) is 13.8 Å². The summed E-state index contributed by atoms with van der Waals surface area (Å²) in [5.74, 6) is -1.86. The molecule has 1 saturated heterocycles. The number of carboxylic acid groups (broad SMARTS) is 2. The summed E-state index contributed by atoms with van der Waals surface area (Å²) in [5, 5.41) is 27.1. The highest BCUT2D eigenvalue weighted by atomic mass is 32.2. The maximum atomic E-state index is 10.6. The summed E-state index contributed by atoms with van der Waals surface area (Å²) in [6, 6.07) is 5.73. The van der Waals surface area contributed by atoms with Gasteiger partial charge in [0.1, 0.15) is 9.57 Å². The quantitative estimate of drug-likeness (QED) is 0.304. The Hall–Kier alpha value is -2.50. The number of hydrogen-bond donors (Lipinski definition) is 2. The van der Waals surface area contributed by atoms with Crippen LogP contribution in [0.4, 0.5) is 5.69 Å². The third kappa shape index (κ3) is 9.03. The SMILES string of the molecule is CC(=CC(=O)O)c1ccc([N+](=O)[O-])cc1.CC(SC(=S)N1CCOCC1)C(=O)O. The molecule has 1 atom stereocenters. The van der Waals surface area contributed by atoms with Gasteiger partial charge in [0.15, 0.2) is 0 Å². The van der Waals surface area contributed by atoms with Gasteiger partial charge in [-0.25, -0.2) is 4.79 Å². The first-order chi connectivity index (χ1) is 13.6. The number of thioether (sulfide) groups is 1. The molecule has 1 aliphatic heterocycles. The normalized spacial score (nSPS) is 15.0. The standard InChI is InChI=1S/C10H9NO4.C8H13NO3S2/c1-7(6-10(12)13)8-2-4-9(5-3-8)11(14)15;1-6(7(10)11)14-8(13)9-2-4-12-5-3-9/h2-6H,1H3,(H,12,13);6H,2-5H2,1H3,(H,10,11). The summed E-state index contributed by atoms with van der Waals surface area (Å²) in [6.07, 6.45) is 1.06. The Bertz CT molecular complexity index is 775. The smallest absolute Gasteiger partial charge is 0.328 e. The van der Waals surface area contributed by atoms with E-state index in [1.807, 2.05) is 4.90 Å². The number of rotatable bonds is 5. The van der Waals surface area contributed by atoms with Gasteiger partial charge in [0.25, 0.3) is 5.69 Å². The molecule has 158 valence electrons. The van der Waals surface area contributed by atoms with Gasteiger partial charge in [-0.3, -0.25) is 14.9 Å². The molecule has 2 N–H and O–H groups in total. The van der Waals surface area contributed by atoms with Crippen molar-refractivity contribution >= 4 is 51.5 Å². The lowest BCUT2D eigenvalue weighted by atomic mass is 10.1.